The topological polar surface area (TPSA) is 54.5 Å². The number of hydrogen-bond acceptors (Lipinski definition) is 3. The van der Waals surface area contributed by atoms with Gasteiger partial charge in [0.2, 0.25) is 0 Å². The van der Waals surface area contributed by atoms with E-state index in [0.717, 1.165) is 15.4 Å². The summed E-state index contributed by atoms with van der Waals surface area (Å²) in [5, 5.41) is 0. The van der Waals surface area contributed by atoms with E-state index >= 15 is 0 Å². The Labute approximate surface area is 153 Å². The van der Waals surface area contributed by atoms with Crippen molar-refractivity contribution in [3.05, 3.63) is 95.6 Å². The van der Waals surface area contributed by atoms with Crippen molar-refractivity contribution in [2.24, 2.45) is 0 Å². The number of anilines is 1. The van der Waals surface area contributed by atoms with E-state index in [1.807, 2.05) is 19.9 Å². The second kappa shape index (κ2) is 7.14. The summed E-state index contributed by atoms with van der Waals surface area (Å²) < 4.78 is 27.5. The molecule has 0 aromatic heterocycles. The van der Waals surface area contributed by atoms with E-state index in [1.165, 1.54) is 12.1 Å². The Kier molecular flexibility index (Phi) is 4.91. The number of carbonyl (C=O) groups is 1. The fourth-order valence-corrected chi connectivity index (χ4v) is 4.19. The van der Waals surface area contributed by atoms with Gasteiger partial charge in [0, 0.05) is 5.56 Å². The summed E-state index contributed by atoms with van der Waals surface area (Å²) in [7, 11) is -4.06. The fourth-order valence-electron chi connectivity index (χ4n) is 2.70. The quantitative estimate of drug-likeness (QED) is 0.691. The van der Waals surface area contributed by atoms with Gasteiger partial charge in [0.25, 0.3) is 15.9 Å². The van der Waals surface area contributed by atoms with Gasteiger partial charge in [0.1, 0.15) is 0 Å². The molecule has 3 aromatic rings. The van der Waals surface area contributed by atoms with Crippen LogP contribution >= 0.6 is 0 Å². The van der Waals surface area contributed by atoms with E-state index in [1.54, 1.807) is 60.7 Å². The van der Waals surface area contributed by atoms with E-state index in [2.05, 4.69) is 0 Å². The van der Waals surface area contributed by atoms with Crippen LogP contribution in [0.2, 0.25) is 0 Å². The predicted molar refractivity (Wildman–Crippen MR) is 103 cm³/mol. The number of rotatable bonds is 4. The molecule has 0 saturated heterocycles. The van der Waals surface area contributed by atoms with Gasteiger partial charge >= 0.3 is 0 Å². The summed E-state index contributed by atoms with van der Waals surface area (Å²) in [4.78, 5) is 13.2. The highest BCUT2D eigenvalue weighted by molar-refractivity contribution is 7.93. The number of hydrogen-bond donors (Lipinski definition) is 0. The summed E-state index contributed by atoms with van der Waals surface area (Å²) in [5.74, 6) is -0.580. The number of amides is 1. The molecule has 0 saturated carbocycles. The first-order chi connectivity index (χ1) is 12.4. The lowest BCUT2D eigenvalue weighted by molar-refractivity contribution is 0.100. The SMILES string of the molecule is Cc1cccc(N(C(=O)c2ccccc2)S(=O)(=O)c2ccccc2)c1C. The summed E-state index contributed by atoms with van der Waals surface area (Å²) in [6.45, 7) is 3.70. The zero-order valence-electron chi connectivity index (χ0n) is 14.6. The molecule has 0 N–H and O–H groups in total. The van der Waals surface area contributed by atoms with Crippen LogP contribution in [-0.4, -0.2) is 14.3 Å². The predicted octanol–water partition coefficient (Wildman–Crippen LogP) is 4.34. The van der Waals surface area contributed by atoms with E-state index in [9.17, 15) is 13.2 Å². The van der Waals surface area contributed by atoms with Crippen LogP contribution < -0.4 is 4.31 Å². The van der Waals surface area contributed by atoms with Crippen molar-refractivity contribution >= 4 is 21.6 Å². The first-order valence-electron chi connectivity index (χ1n) is 8.19. The van der Waals surface area contributed by atoms with Crippen molar-refractivity contribution in [1.29, 1.82) is 0 Å². The molecule has 0 aliphatic carbocycles. The van der Waals surface area contributed by atoms with Gasteiger partial charge in [-0.1, -0.05) is 48.5 Å². The molecule has 0 radical (unpaired) electrons. The lowest BCUT2D eigenvalue weighted by Gasteiger charge is -2.25. The van der Waals surface area contributed by atoms with Gasteiger partial charge in [0.15, 0.2) is 0 Å². The van der Waals surface area contributed by atoms with Crippen LogP contribution in [0.1, 0.15) is 21.5 Å². The average Bonchev–Trinajstić information content (AvgIpc) is 2.66. The largest absolute Gasteiger partial charge is 0.272 e. The third-order valence-corrected chi connectivity index (χ3v) is 5.99. The summed E-state index contributed by atoms with van der Waals surface area (Å²) in [6, 6.07) is 21.7. The van der Waals surface area contributed by atoms with E-state index in [0.29, 0.717) is 11.3 Å². The summed E-state index contributed by atoms with van der Waals surface area (Å²) in [5.41, 5.74) is 2.34. The number of sulfonamides is 1. The van der Waals surface area contributed by atoms with Gasteiger partial charge in [-0.2, -0.15) is 4.31 Å². The molecular weight excluding hydrogens is 346 g/mol. The van der Waals surface area contributed by atoms with Crippen molar-refractivity contribution in [3.8, 4) is 0 Å². The summed E-state index contributed by atoms with van der Waals surface area (Å²) in [6.07, 6.45) is 0. The van der Waals surface area contributed by atoms with Gasteiger partial charge in [-0.15, -0.1) is 0 Å². The minimum absolute atomic E-state index is 0.0742. The first-order valence-corrected chi connectivity index (χ1v) is 9.63. The molecule has 0 spiro atoms. The molecule has 0 aliphatic rings. The minimum atomic E-state index is -4.06. The first kappa shape index (κ1) is 17.9. The fraction of sp³-hybridized carbons (Fsp3) is 0.0952. The van der Waals surface area contributed by atoms with Gasteiger partial charge < -0.3 is 0 Å². The smallest absolute Gasteiger partial charge is 0.268 e. The molecule has 5 heteroatoms. The highest BCUT2D eigenvalue weighted by Gasteiger charge is 2.32. The van der Waals surface area contributed by atoms with Crippen molar-refractivity contribution in [2.45, 2.75) is 18.7 Å². The number of carbonyl (C=O) groups excluding carboxylic acids is 1. The van der Waals surface area contributed by atoms with Gasteiger partial charge in [-0.3, -0.25) is 4.79 Å². The highest BCUT2D eigenvalue weighted by atomic mass is 32.2. The number of benzene rings is 3. The Morgan fingerprint density at radius 1 is 0.769 bits per heavy atom. The Balaban J connectivity index is 2.23. The van der Waals surface area contributed by atoms with Gasteiger partial charge in [-0.25, -0.2) is 8.42 Å². The molecule has 0 bridgehead atoms. The molecule has 1 amide bonds. The Morgan fingerprint density at radius 2 is 1.35 bits per heavy atom. The van der Waals surface area contributed by atoms with Crippen molar-refractivity contribution in [3.63, 3.8) is 0 Å². The van der Waals surface area contributed by atoms with Crippen molar-refractivity contribution in [1.82, 2.24) is 0 Å². The van der Waals surface area contributed by atoms with Crippen LogP contribution in [0.15, 0.2) is 83.8 Å². The average molecular weight is 365 g/mol. The summed E-state index contributed by atoms with van der Waals surface area (Å²) >= 11 is 0. The van der Waals surface area contributed by atoms with Gasteiger partial charge in [-0.05, 0) is 55.3 Å². The maximum atomic E-state index is 13.3. The maximum Gasteiger partial charge on any atom is 0.272 e. The Hall–Kier alpha value is -2.92. The lowest BCUT2D eigenvalue weighted by Crippen LogP contribution is -2.37. The van der Waals surface area contributed by atoms with Crippen LogP contribution in [0.5, 0.6) is 0 Å². The third-order valence-electron chi connectivity index (χ3n) is 4.28. The molecule has 4 nitrogen and oxygen atoms in total. The second-order valence-corrected chi connectivity index (χ2v) is 7.76. The zero-order chi connectivity index (χ0) is 18.7. The molecule has 3 aromatic carbocycles. The van der Waals surface area contributed by atoms with Crippen LogP contribution in [0.3, 0.4) is 0 Å². The minimum Gasteiger partial charge on any atom is -0.268 e. The monoisotopic (exact) mass is 365 g/mol. The normalized spacial score (nSPS) is 11.2. The molecule has 0 unspecified atom stereocenters. The molecular formula is C21H19NO3S. The van der Waals surface area contributed by atoms with E-state index < -0.39 is 15.9 Å². The molecule has 0 atom stereocenters. The molecule has 132 valence electrons. The molecule has 0 heterocycles. The molecule has 0 fully saturated rings. The number of aryl methyl sites for hydroxylation is 1. The zero-order valence-corrected chi connectivity index (χ0v) is 15.4. The number of nitrogens with zero attached hydrogens (tertiary/aromatic N) is 1. The Bertz CT molecular complexity index is 1030. The van der Waals surface area contributed by atoms with Crippen LogP contribution in [0.25, 0.3) is 0 Å². The van der Waals surface area contributed by atoms with Gasteiger partial charge in [0.05, 0.1) is 10.6 Å². The van der Waals surface area contributed by atoms with Crippen LogP contribution in [-0.2, 0) is 10.0 Å². The molecule has 3 rings (SSSR count). The van der Waals surface area contributed by atoms with E-state index in [4.69, 9.17) is 0 Å². The van der Waals surface area contributed by atoms with E-state index in [-0.39, 0.29) is 4.90 Å². The Morgan fingerprint density at radius 3 is 1.96 bits per heavy atom. The van der Waals surface area contributed by atoms with Crippen LogP contribution in [0, 0.1) is 13.8 Å². The van der Waals surface area contributed by atoms with Crippen molar-refractivity contribution in [2.75, 3.05) is 4.31 Å². The molecule has 0 aliphatic heterocycles. The second-order valence-electron chi connectivity index (χ2n) is 5.97. The maximum absolute atomic E-state index is 13.3. The lowest BCUT2D eigenvalue weighted by atomic mass is 10.1. The standard InChI is InChI=1S/C21H19NO3S/c1-16-10-9-15-20(17(16)2)22(21(23)18-11-5-3-6-12-18)26(24,25)19-13-7-4-8-14-19/h3-15H,1-2H3. The highest BCUT2D eigenvalue weighted by Crippen LogP contribution is 2.30. The van der Waals surface area contributed by atoms with Crippen molar-refractivity contribution < 1.29 is 13.2 Å². The van der Waals surface area contributed by atoms with Crippen LogP contribution in [0.4, 0.5) is 5.69 Å². The third kappa shape index (κ3) is 3.26. The molecule has 26 heavy (non-hydrogen) atoms.